The summed E-state index contributed by atoms with van der Waals surface area (Å²) in [6.07, 6.45) is 4.93. The highest BCUT2D eigenvalue weighted by atomic mass is 35.5. The minimum atomic E-state index is -0.378. The number of hydrogen-bond donors (Lipinski definition) is 0. The van der Waals surface area contributed by atoms with Crippen LogP contribution in [0, 0.1) is 10.1 Å². The van der Waals surface area contributed by atoms with Crippen molar-refractivity contribution in [3.8, 4) is 0 Å². The second-order valence-electron chi connectivity index (χ2n) is 4.75. The third kappa shape index (κ3) is 2.58. The summed E-state index contributed by atoms with van der Waals surface area (Å²) in [4.78, 5) is 12.7. The third-order valence-corrected chi connectivity index (χ3v) is 3.97. The van der Waals surface area contributed by atoms with Crippen LogP contribution in [0.5, 0.6) is 0 Å². The highest BCUT2D eigenvalue weighted by Crippen LogP contribution is 2.30. The van der Waals surface area contributed by atoms with Gasteiger partial charge in [-0.1, -0.05) is 12.8 Å². The van der Waals surface area contributed by atoms with Crippen molar-refractivity contribution in [1.29, 1.82) is 0 Å². The van der Waals surface area contributed by atoms with Crippen molar-refractivity contribution in [3.63, 3.8) is 0 Å². The Morgan fingerprint density at radius 3 is 2.67 bits per heavy atom. The molecule has 0 aliphatic heterocycles. The fourth-order valence-corrected chi connectivity index (χ4v) is 2.79. The lowest BCUT2D eigenvalue weighted by molar-refractivity contribution is -0.385. The van der Waals surface area contributed by atoms with Gasteiger partial charge in [0.25, 0.3) is 5.69 Å². The number of nitrogens with zero attached hydrogens (tertiary/aromatic N) is 2. The summed E-state index contributed by atoms with van der Waals surface area (Å²) in [5, 5.41) is 10.9. The van der Waals surface area contributed by atoms with E-state index in [0.717, 1.165) is 5.69 Å². The number of nitro benzene ring substituents is 1. The van der Waals surface area contributed by atoms with Gasteiger partial charge in [-0.05, 0) is 25.0 Å². The van der Waals surface area contributed by atoms with Crippen molar-refractivity contribution in [2.24, 2.45) is 0 Å². The Balaban J connectivity index is 2.26. The summed E-state index contributed by atoms with van der Waals surface area (Å²) < 4.78 is 0. The van der Waals surface area contributed by atoms with E-state index in [-0.39, 0.29) is 16.5 Å². The fraction of sp³-hybridized carbons (Fsp3) is 0.538. The highest BCUT2D eigenvalue weighted by molar-refractivity contribution is 6.17. The van der Waals surface area contributed by atoms with Gasteiger partial charge in [-0.25, -0.2) is 0 Å². The van der Waals surface area contributed by atoms with Gasteiger partial charge < -0.3 is 4.90 Å². The molecule has 5 heteroatoms. The molecule has 0 saturated heterocycles. The van der Waals surface area contributed by atoms with Crippen molar-refractivity contribution in [1.82, 2.24) is 0 Å². The zero-order valence-corrected chi connectivity index (χ0v) is 11.2. The molecule has 0 heterocycles. The van der Waals surface area contributed by atoms with Crippen LogP contribution in [-0.4, -0.2) is 18.0 Å². The number of halogens is 1. The number of alkyl halides is 1. The van der Waals surface area contributed by atoms with E-state index in [9.17, 15) is 10.1 Å². The van der Waals surface area contributed by atoms with Gasteiger partial charge in [-0.2, -0.15) is 0 Å². The predicted molar refractivity (Wildman–Crippen MR) is 73.3 cm³/mol. The summed E-state index contributed by atoms with van der Waals surface area (Å²) in [6, 6.07) is 5.75. The first kappa shape index (κ1) is 13.1. The summed E-state index contributed by atoms with van der Waals surface area (Å²) in [6.45, 7) is 0. The average molecular weight is 269 g/mol. The van der Waals surface area contributed by atoms with Crippen LogP contribution in [0.3, 0.4) is 0 Å². The highest BCUT2D eigenvalue weighted by Gasteiger charge is 2.21. The molecule has 1 saturated carbocycles. The molecule has 98 valence electrons. The summed E-state index contributed by atoms with van der Waals surface area (Å²) in [5.41, 5.74) is 1.71. The minimum absolute atomic E-state index is 0.105. The lowest BCUT2D eigenvalue weighted by atomic mass is 10.1. The second-order valence-corrected chi connectivity index (χ2v) is 5.02. The molecular formula is C13H17ClN2O2. The van der Waals surface area contributed by atoms with E-state index in [1.54, 1.807) is 6.07 Å². The maximum Gasteiger partial charge on any atom is 0.273 e. The SMILES string of the molecule is CN(c1ccc([N+](=O)[O-])c(CCl)c1)C1CCCC1. The Bertz CT molecular complexity index is 445. The Hall–Kier alpha value is -1.29. The molecule has 0 aromatic heterocycles. The van der Waals surface area contributed by atoms with E-state index in [4.69, 9.17) is 11.6 Å². The van der Waals surface area contributed by atoms with Gasteiger partial charge in [0.1, 0.15) is 0 Å². The summed E-state index contributed by atoms with van der Waals surface area (Å²) in [5.74, 6) is 0.169. The average Bonchev–Trinajstić information content (AvgIpc) is 2.90. The van der Waals surface area contributed by atoms with Gasteiger partial charge in [0, 0.05) is 30.4 Å². The van der Waals surface area contributed by atoms with Gasteiger partial charge >= 0.3 is 0 Å². The molecule has 1 aliphatic rings. The largest absolute Gasteiger partial charge is 0.372 e. The number of anilines is 1. The first-order valence-corrected chi connectivity index (χ1v) is 6.73. The van der Waals surface area contributed by atoms with Crippen molar-refractivity contribution in [3.05, 3.63) is 33.9 Å². The van der Waals surface area contributed by atoms with Crippen LogP contribution >= 0.6 is 11.6 Å². The van der Waals surface area contributed by atoms with E-state index in [1.807, 2.05) is 12.1 Å². The molecular weight excluding hydrogens is 252 g/mol. The van der Waals surface area contributed by atoms with E-state index in [1.165, 1.54) is 25.7 Å². The monoisotopic (exact) mass is 268 g/mol. The maximum absolute atomic E-state index is 10.9. The molecule has 0 radical (unpaired) electrons. The zero-order valence-electron chi connectivity index (χ0n) is 10.4. The Morgan fingerprint density at radius 2 is 2.11 bits per heavy atom. The van der Waals surface area contributed by atoms with E-state index >= 15 is 0 Å². The lowest BCUT2D eigenvalue weighted by Gasteiger charge is -2.26. The zero-order chi connectivity index (χ0) is 13.1. The van der Waals surface area contributed by atoms with Gasteiger partial charge in [-0.15, -0.1) is 11.6 Å². The van der Waals surface area contributed by atoms with Crippen LogP contribution in [-0.2, 0) is 5.88 Å². The molecule has 0 spiro atoms. The van der Waals surface area contributed by atoms with E-state index < -0.39 is 0 Å². The fourth-order valence-electron chi connectivity index (χ4n) is 2.58. The Morgan fingerprint density at radius 1 is 1.44 bits per heavy atom. The maximum atomic E-state index is 10.9. The van der Waals surface area contributed by atoms with Crippen LogP contribution in [0.1, 0.15) is 31.2 Å². The van der Waals surface area contributed by atoms with Crippen LogP contribution in [0.15, 0.2) is 18.2 Å². The number of benzene rings is 1. The van der Waals surface area contributed by atoms with Crippen molar-refractivity contribution < 1.29 is 4.92 Å². The van der Waals surface area contributed by atoms with Gasteiger partial charge in [0.2, 0.25) is 0 Å². The molecule has 2 rings (SSSR count). The van der Waals surface area contributed by atoms with Crippen LogP contribution in [0.4, 0.5) is 11.4 Å². The van der Waals surface area contributed by atoms with E-state index in [2.05, 4.69) is 11.9 Å². The Labute approximate surface area is 112 Å². The smallest absolute Gasteiger partial charge is 0.273 e. The molecule has 1 aromatic rings. The lowest BCUT2D eigenvalue weighted by Crippen LogP contribution is -2.28. The van der Waals surface area contributed by atoms with Crippen LogP contribution in [0.25, 0.3) is 0 Å². The van der Waals surface area contributed by atoms with Gasteiger partial charge in [0.05, 0.1) is 10.8 Å². The first-order chi connectivity index (χ1) is 8.63. The molecule has 1 aliphatic carbocycles. The van der Waals surface area contributed by atoms with Crippen molar-refractivity contribution in [2.45, 2.75) is 37.6 Å². The molecule has 18 heavy (non-hydrogen) atoms. The number of nitro groups is 1. The van der Waals surface area contributed by atoms with Gasteiger partial charge in [-0.3, -0.25) is 10.1 Å². The molecule has 0 unspecified atom stereocenters. The molecule has 1 fully saturated rings. The van der Waals surface area contributed by atoms with Crippen molar-refractivity contribution in [2.75, 3.05) is 11.9 Å². The molecule has 1 aromatic carbocycles. The number of rotatable bonds is 4. The quantitative estimate of drug-likeness (QED) is 0.475. The standard InChI is InChI=1S/C13H17ClN2O2/c1-15(11-4-2-3-5-11)12-6-7-13(16(17)18)10(8-12)9-14/h6-8,11H,2-5,9H2,1H3. The van der Waals surface area contributed by atoms with Crippen molar-refractivity contribution >= 4 is 23.0 Å². The normalized spacial score (nSPS) is 15.9. The molecule has 0 atom stereocenters. The second kappa shape index (κ2) is 5.57. The first-order valence-electron chi connectivity index (χ1n) is 6.19. The summed E-state index contributed by atoms with van der Waals surface area (Å²) >= 11 is 5.79. The summed E-state index contributed by atoms with van der Waals surface area (Å²) in [7, 11) is 2.05. The molecule has 0 bridgehead atoms. The molecule has 0 amide bonds. The molecule has 0 N–H and O–H groups in total. The van der Waals surface area contributed by atoms with Gasteiger partial charge in [0.15, 0.2) is 0 Å². The van der Waals surface area contributed by atoms with E-state index in [0.29, 0.717) is 11.6 Å². The molecule has 4 nitrogen and oxygen atoms in total. The van der Waals surface area contributed by atoms with Crippen LogP contribution < -0.4 is 4.90 Å². The third-order valence-electron chi connectivity index (χ3n) is 3.68. The number of hydrogen-bond acceptors (Lipinski definition) is 3. The minimum Gasteiger partial charge on any atom is -0.372 e. The topological polar surface area (TPSA) is 46.4 Å². The Kier molecular flexibility index (Phi) is 4.07. The predicted octanol–water partition coefficient (Wildman–Crippen LogP) is 3.71. The van der Waals surface area contributed by atoms with Crippen LogP contribution in [0.2, 0.25) is 0 Å².